The Labute approximate surface area is 92.7 Å². The number of rotatable bonds is 3. The predicted molar refractivity (Wildman–Crippen MR) is 60.6 cm³/mol. The van der Waals surface area contributed by atoms with Crippen LogP contribution in [0.4, 0.5) is 5.69 Å². The van der Waals surface area contributed by atoms with Gasteiger partial charge in [0.2, 0.25) is 0 Å². The fourth-order valence-corrected chi connectivity index (χ4v) is 1.34. The number of nitrogens with one attached hydrogen (secondary N) is 2. The second-order valence-electron chi connectivity index (χ2n) is 3.38. The highest BCUT2D eigenvalue weighted by Crippen LogP contribution is 2.06. The minimum Gasteiger partial charge on any atom is -0.399 e. The van der Waals surface area contributed by atoms with E-state index < -0.39 is 0 Å². The second-order valence-corrected chi connectivity index (χ2v) is 3.38. The van der Waals surface area contributed by atoms with Crippen LogP contribution in [0.3, 0.4) is 0 Å². The van der Waals surface area contributed by atoms with E-state index >= 15 is 0 Å². The molecule has 0 radical (unpaired) electrons. The lowest BCUT2D eigenvalue weighted by molar-refractivity contribution is 0.0950. The molecule has 82 valence electrons. The molecular formula is C11H12N4O. The van der Waals surface area contributed by atoms with Crippen LogP contribution >= 0.6 is 0 Å². The summed E-state index contributed by atoms with van der Waals surface area (Å²) in [7, 11) is 0. The molecule has 4 N–H and O–H groups in total. The van der Waals surface area contributed by atoms with Crippen molar-refractivity contribution in [3.05, 3.63) is 48.0 Å². The zero-order valence-corrected chi connectivity index (χ0v) is 8.60. The molecule has 5 heteroatoms. The Bertz CT molecular complexity index is 478. The van der Waals surface area contributed by atoms with Gasteiger partial charge in [0.05, 0.1) is 18.6 Å². The van der Waals surface area contributed by atoms with Crippen molar-refractivity contribution in [2.24, 2.45) is 0 Å². The molecule has 2 aromatic rings. The Hall–Kier alpha value is -2.30. The number of benzene rings is 1. The molecular weight excluding hydrogens is 204 g/mol. The first-order chi connectivity index (χ1) is 7.75. The standard InChI is InChI=1S/C11H12N4O/c12-9-3-1-2-8(4-9)11(16)14-6-10-5-13-7-15-10/h1-5,7H,6,12H2,(H,13,15)(H,14,16). The number of amides is 1. The van der Waals surface area contributed by atoms with Crippen LogP contribution in [-0.2, 0) is 6.54 Å². The number of hydrogen-bond acceptors (Lipinski definition) is 3. The van der Waals surface area contributed by atoms with Crippen LogP contribution in [0.1, 0.15) is 16.1 Å². The van der Waals surface area contributed by atoms with Gasteiger partial charge < -0.3 is 16.0 Å². The maximum atomic E-state index is 11.7. The summed E-state index contributed by atoms with van der Waals surface area (Å²) < 4.78 is 0. The Morgan fingerprint density at radius 3 is 3.06 bits per heavy atom. The van der Waals surface area contributed by atoms with Crippen molar-refractivity contribution in [3.63, 3.8) is 0 Å². The third kappa shape index (κ3) is 2.38. The van der Waals surface area contributed by atoms with Crippen LogP contribution < -0.4 is 11.1 Å². The topological polar surface area (TPSA) is 83.8 Å². The zero-order valence-electron chi connectivity index (χ0n) is 8.60. The van der Waals surface area contributed by atoms with Crippen LogP contribution in [0.15, 0.2) is 36.8 Å². The molecule has 0 unspecified atom stereocenters. The van der Waals surface area contributed by atoms with Crippen molar-refractivity contribution >= 4 is 11.6 Å². The van der Waals surface area contributed by atoms with Crippen molar-refractivity contribution in [2.75, 3.05) is 5.73 Å². The van der Waals surface area contributed by atoms with E-state index in [1.54, 1.807) is 36.8 Å². The van der Waals surface area contributed by atoms with Gasteiger partial charge >= 0.3 is 0 Å². The van der Waals surface area contributed by atoms with E-state index in [0.29, 0.717) is 17.8 Å². The zero-order chi connectivity index (χ0) is 11.4. The van der Waals surface area contributed by atoms with Crippen LogP contribution in [0, 0.1) is 0 Å². The maximum Gasteiger partial charge on any atom is 0.251 e. The largest absolute Gasteiger partial charge is 0.399 e. The quantitative estimate of drug-likeness (QED) is 0.667. The number of aromatic amines is 1. The lowest BCUT2D eigenvalue weighted by Gasteiger charge is -2.04. The van der Waals surface area contributed by atoms with Crippen molar-refractivity contribution in [3.8, 4) is 0 Å². The lowest BCUT2D eigenvalue weighted by Crippen LogP contribution is -2.22. The van der Waals surface area contributed by atoms with Crippen molar-refractivity contribution in [2.45, 2.75) is 6.54 Å². The van der Waals surface area contributed by atoms with Gasteiger partial charge in [0, 0.05) is 17.4 Å². The molecule has 0 fully saturated rings. The Kier molecular flexibility index (Phi) is 2.86. The molecule has 0 saturated carbocycles. The van der Waals surface area contributed by atoms with Crippen LogP contribution in [0.25, 0.3) is 0 Å². The molecule has 2 rings (SSSR count). The van der Waals surface area contributed by atoms with E-state index in [-0.39, 0.29) is 5.91 Å². The number of nitrogens with zero attached hydrogens (tertiary/aromatic N) is 1. The van der Waals surface area contributed by atoms with Gasteiger partial charge in [-0.3, -0.25) is 4.79 Å². The number of nitrogen functional groups attached to an aromatic ring is 1. The Balaban J connectivity index is 1.98. The summed E-state index contributed by atoms with van der Waals surface area (Å²) in [5.74, 6) is -0.151. The van der Waals surface area contributed by atoms with E-state index in [2.05, 4.69) is 15.3 Å². The summed E-state index contributed by atoms with van der Waals surface area (Å²) >= 11 is 0. The lowest BCUT2D eigenvalue weighted by atomic mass is 10.2. The third-order valence-corrected chi connectivity index (χ3v) is 2.14. The number of nitrogens with two attached hydrogens (primary N) is 1. The highest BCUT2D eigenvalue weighted by Gasteiger charge is 2.05. The van der Waals surface area contributed by atoms with Gasteiger partial charge in [-0.05, 0) is 18.2 Å². The number of hydrogen-bond donors (Lipinski definition) is 3. The summed E-state index contributed by atoms with van der Waals surface area (Å²) in [5.41, 5.74) is 7.58. The third-order valence-electron chi connectivity index (χ3n) is 2.14. The molecule has 1 aromatic carbocycles. The molecule has 0 aliphatic carbocycles. The second kappa shape index (κ2) is 4.48. The van der Waals surface area contributed by atoms with Gasteiger partial charge in [-0.1, -0.05) is 6.07 Å². The van der Waals surface area contributed by atoms with Crippen molar-refractivity contribution in [1.29, 1.82) is 0 Å². The summed E-state index contributed by atoms with van der Waals surface area (Å²) in [4.78, 5) is 18.5. The average Bonchev–Trinajstić information content (AvgIpc) is 2.78. The SMILES string of the molecule is Nc1cccc(C(=O)NCc2cnc[nH]2)c1. The van der Waals surface area contributed by atoms with E-state index in [9.17, 15) is 4.79 Å². The van der Waals surface area contributed by atoms with Crippen LogP contribution in [0.5, 0.6) is 0 Å². The minimum atomic E-state index is -0.151. The Morgan fingerprint density at radius 2 is 2.38 bits per heavy atom. The molecule has 0 aliphatic heterocycles. The van der Waals surface area contributed by atoms with E-state index in [0.717, 1.165) is 5.69 Å². The maximum absolute atomic E-state index is 11.7. The first kappa shape index (κ1) is 10.2. The van der Waals surface area contributed by atoms with E-state index in [4.69, 9.17) is 5.73 Å². The van der Waals surface area contributed by atoms with Gasteiger partial charge in [0.15, 0.2) is 0 Å². The van der Waals surface area contributed by atoms with Crippen LogP contribution in [0.2, 0.25) is 0 Å². The molecule has 0 bridgehead atoms. The fourth-order valence-electron chi connectivity index (χ4n) is 1.34. The molecule has 1 amide bonds. The molecule has 16 heavy (non-hydrogen) atoms. The fraction of sp³-hybridized carbons (Fsp3) is 0.0909. The average molecular weight is 216 g/mol. The molecule has 0 saturated heterocycles. The summed E-state index contributed by atoms with van der Waals surface area (Å²) in [6, 6.07) is 6.85. The highest BCUT2D eigenvalue weighted by molar-refractivity contribution is 5.94. The summed E-state index contributed by atoms with van der Waals surface area (Å²) in [6.07, 6.45) is 3.24. The monoisotopic (exact) mass is 216 g/mol. The number of carbonyl (C=O) groups excluding carboxylic acids is 1. The highest BCUT2D eigenvalue weighted by atomic mass is 16.1. The van der Waals surface area contributed by atoms with Gasteiger partial charge in [0.25, 0.3) is 5.91 Å². The van der Waals surface area contributed by atoms with E-state index in [1.807, 2.05) is 0 Å². The minimum absolute atomic E-state index is 0.151. The summed E-state index contributed by atoms with van der Waals surface area (Å²) in [6.45, 7) is 0.424. The normalized spacial score (nSPS) is 10.0. The summed E-state index contributed by atoms with van der Waals surface area (Å²) in [5, 5.41) is 2.76. The van der Waals surface area contributed by atoms with E-state index in [1.165, 1.54) is 0 Å². The molecule has 0 spiro atoms. The van der Waals surface area contributed by atoms with Crippen molar-refractivity contribution < 1.29 is 4.79 Å². The molecule has 0 atom stereocenters. The number of carbonyl (C=O) groups is 1. The number of H-pyrrole nitrogens is 1. The number of aromatic nitrogens is 2. The first-order valence-corrected chi connectivity index (χ1v) is 4.87. The molecule has 1 heterocycles. The predicted octanol–water partition coefficient (Wildman–Crippen LogP) is 0.922. The van der Waals surface area contributed by atoms with Gasteiger partial charge in [-0.25, -0.2) is 4.98 Å². The number of anilines is 1. The van der Waals surface area contributed by atoms with Crippen molar-refractivity contribution in [1.82, 2.24) is 15.3 Å². The number of imidazole rings is 1. The first-order valence-electron chi connectivity index (χ1n) is 4.87. The van der Waals surface area contributed by atoms with Gasteiger partial charge in [-0.2, -0.15) is 0 Å². The molecule has 0 aliphatic rings. The molecule has 5 nitrogen and oxygen atoms in total. The molecule has 1 aromatic heterocycles. The van der Waals surface area contributed by atoms with Gasteiger partial charge in [-0.15, -0.1) is 0 Å². The van der Waals surface area contributed by atoms with Crippen LogP contribution in [-0.4, -0.2) is 15.9 Å². The smallest absolute Gasteiger partial charge is 0.251 e. The van der Waals surface area contributed by atoms with Gasteiger partial charge in [0.1, 0.15) is 0 Å². The Morgan fingerprint density at radius 1 is 1.50 bits per heavy atom.